The molecule has 6 aliphatic rings. The van der Waals surface area contributed by atoms with Crippen molar-refractivity contribution in [2.45, 2.75) is 76.2 Å². The third-order valence-electron chi connectivity index (χ3n) is 15.8. The van der Waals surface area contributed by atoms with Crippen LogP contribution in [0, 0.1) is 11.3 Å². The summed E-state index contributed by atoms with van der Waals surface area (Å²) in [6, 6.07) is 12.6. The standard InChI is InChI=1S/C52H59BrN11O6P/c1-70-43-28-42(35(32-4-5-32)27-40(43)58-51-56-29-37(53)47(60-51)57-39-9-8-38-45(55-19-18-54-38)46(39)71(2,3)69)63-24-16-52(17-25-63)14-22-61(23-15-52)30-31-12-20-62(21-13-31)33-6-7-34-36(26-33)50(68)64(49(34)67)41-10-11-44(65)59-48(41)66/h6-9,18-19,26-29,31-32,41H,4-5,10-17,20-25,30H2,1-3H3,(H,59,65,66)(H2,56,57,58,60). The molecule has 71 heavy (non-hydrogen) atoms. The topological polar surface area (TPSA) is 195 Å². The highest BCUT2D eigenvalue weighted by atomic mass is 79.9. The summed E-state index contributed by atoms with van der Waals surface area (Å²) in [5.74, 6) is 0.827. The summed E-state index contributed by atoms with van der Waals surface area (Å²) < 4.78 is 20.3. The molecule has 1 spiro atoms. The van der Waals surface area contributed by atoms with Crippen LogP contribution in [0.5, 0.6) is 5.75 Å². The molecule has 1 unspecified atom stereocenters. The van der Waals surface area contributed by atoms with Gasteiger partial charge in [0.1, 0.15) is 30.3 Å². The molecule has 5 aromatic rings. The summed E-state index contributed by atoms with van der Waals surface area (Å²) >= 11 is 3.62. The molecule has 0 radical (unpaired) electrons. The molecule has 4 amide bonds. The van der Waals surface area contributed by atoms with Gasteiger partial charge in [-0.1, -0.05) is 0 Å². The molecule has 1 atom stereocenters. The van der Waals surface area contributed by atoms with Crippen LogP contribution in [-0.4, -0.2) is 126 Å². The highest BCUT2D eigenvalue weighted by Crippen LogP contribution is 2.50. The van der Waals surface area contributed by atoms with Crippen molar-refractivity contribution in [2.75, 3.05) is 86.7 Å². The van der Waals surface area contributed by atoms with Crippen LogP contribution in [0.2, 0.25) is 0 Å². The lowest BCUT2D eigenvalue weighted by atomic mass is 9.71. The van der Waals surface area contributed by atoms with Crippen molar-refractivity contribution in [1.82, 2.24) is 35.1 Å². The predicted molar refractivity (Wildman–Crippen MR) is 277 cm³/mol. The van der Waals surface area contributed by atoms with Gasteiger partial charge in [-0.2, -0.15) is 4.98 Å². The number of benzene rings is 3. The molecule has 11 rings (SSSR count). The Morgan fingerprint density at radius 3 is 2.25 bits per heavy atom. The number of carbonyl (C=O) groups excluding carboxylic acids is 4. The summed E-state index contributed by atoms with van der Waals surface area (Å²) in [6.45, 7) is 10.6. The van der Waals surface area contributed by atoms with Crippen molar-refractivity contribution >= 4 is 97.6 Å². The van der Waals surface area contributed by atoms with Gasteiger partial charge < -0.3 is 34.6 Å². The van der Waals surface area contributed by atoms with Gasteiger partial charge in [-0.25, -0.2) is 4.98 Å². The number of imide groups is 2. The van der Waals surface area contributed by atoms with Crippen LogP contribution >= 0.6 is 23.1 Å². The SMILES string of the molecule is COc1cc(N2CCC3(CCN(CC4CCN(c5ccc6c(c5)C(=O)N(C5CCC(=O)NC5=O)C6=O)CC4)CC3)CC2)c(C2CC2)cc1Nc1ncc(Br)c(Nc2ccc3nccnc3c2P(C)(C)=O)n1. The molecular formula is C52H59BrN11O6P. The third-order valence-corrected chi connectivity index (χ3v) is 17.9. The minimum absolute atomic E-state index is 0.0987. The molecule has 1 saturated carbocycles. The Hall–Kier alpha value is -5.97. The molecule has 19 heteroatoms. The van der Waals surface area contributed by atoms with Crippen LogP contribution in [0.15, 0.2) is 65.5 Å². The third kappa shape index (κ3) is 9.38. The predicted octanol–water partition coefficient (Wildman–Crippen LogP) is 7.80. The number of hydrogen-bond donors (Lipinski definition) is 3. The molecule has 2 aromatic heterocycles. The first-order valence-electron chi connectivity index (χ1n) is 24.9. The lowest BCUT2D eigenvalue weighted by Crippen LogP contribution is -2.54. The van der Waals surface area contributed by atoms with Gasteiger partial charge in [0.05, 0.1) is 44.9 Å². The number of rotatable bonds is 12. The molecule has 1 aliphatic carbocycles. The van der Waals surface area contributed by atoms with Gasteiger partial charge in [0.2, 0.25) is 17.8 Å². The van der Waals surface area contributed by atoms with Gasteiger partial charge >= 0.3 is 0 Å². The number of likely N-dealkylation sites (tertiary alicyclic amines) is 1. The highest BCUT2D eigenvalue weighted by Gasteiger charge is 2.45. The first kappa shape index (κ1) is 47.4. The highest BCUT2D eigenvalue weighted by molar-refractivity contribution is 9.10. The minimum Gasteiger partial charge on any atom is -0.494 e. The number of ether oxygens (including phenoxy) is 1. The van der Waals surface area contributed by atoms with Gasteiger partial charge in [-0.05, 0) is 159 Å². The molecule has 3 N–H and O–H groups in total. The van der Waals surface area contributed by atoms with Crippen LogP contribution in [0.4, 0.5) is 34.5 Å². The minimum atomic E-state index is -2.78. The number of aromatic nitrogens is 4. The molecule has 4 saturated heterocycles. The Kier molecular flexibility index (Phi) is 12.6. The molecular weight excluding hydrogens is 986 g/mol. The van der Waals surface area contributed by atoms with E-state index in [0.29, 0.717) is 66.6 Å². The van der Waals surface area contributed by atoms with Crippen molar-refractivity contribution < 1.29 is 28.5 Å². The van der Waals surface area contributed by atoms with Crippen LogP contribution in [0.1, 0.15) is 96.4 Å². The van der Waals surface area contributed by atoms with Crippen molar-refractivity contribution in [2.24, 2.45) is 11.3 Å². The molecule has 3 aromatic carbocycles. The van der Waals surface area contributed by atoms with E-state index in [2.05, 4.69) is 73.7 Å². The Labute approximate surface area is 421 Å². The molecule has 5 aliphatic heterocycles. The number of amides is 4. The van der Waals surface area contributed by atoms with E-state index in [1.807, 2.05) is 18.2 Å². The smallest absolute Gasteiger partial charge is 0.262 e. The number of carbonyl (C=O) groups is 4. The van der Waals surface area contributed by atoms with Crippen molar-refractivity contribution in [3.05, 3.63) is 82.2 Å². The van der Waals surface area contributed by atoms with Crippen LogP contribution in [0.25, 0.3) is 11.0 Å². The fraction of sp³-hybridized carbons (Fsp3) is 0.462. The Balaban J connectivity index is 0.692. The Morgan fingerprint density at radius 1 is 0.803 bits per heavy atom. The summed E-state index contributed by atoms with van der Waals surface area (Å²) in [4.78, 5) is 78.0. The first-order chi connectivity index (χ1) is 34.2. The summed E-state index contributed by atoms with van der Waals surface area (Å²) in [5, 5.41) is 9.76. The van der Waals surface area contributed by atoms with Crippen LogP contribution in [0.3, 0.4) is 0 Å². The van der Waals surface area contributed by atoms with Gasteiger partial charge in [0, 0.05) is 75.2 Å². The monoisotopic (exact) mass is 1040 g/mol. The molecule has 0 bridgehead atoms. The zero-order chi connectivity index (χ0) is 49.2. The van der Waals surface area contributed by atoms with Gasteiger partial charge in [0.15, 0.2) is 0 Å². The average molecular weight is 1040 g/mol. The number of hydrogen-bond acceptors (Lipinski definition) is 15. The average Bonchev–Trinajstić information content (AvgIpc) is 4.19. The van der Waals surface area contributed by atoms with Crippen molar-refractivity contribution in [1.29, 1.82) is 0 Å². The fourth-order valence-corrected chi connectivity index (χ4v) is 13.3. The molecule has 370 valence electrons. The lowest BCUT2D eigenvalue weighted by molar-refractivity contribution is -0.136. The second-order valence-electron chi connectivity index (χ2n) is 20.7. The second kappa shape index (κ2) is 18.9. The van der Waals surface area contributed by atoms with E-state index >= 15 is 0 Å². The van der Waals surface area contributed by atoms with Gasteiger partial charge in [-0.3, -0.25) is 39.4 Å². The largest absolute Gasteiger partial charge is 0.494 e. The zero-order valence-corrected chi connectivity index (χ0v) is 42.9. The van der Waals surface area contributed by atoms with E-state index in [9.17, 15) is 23.7 Å². The number of fused-ring (bicyclic) bond motifs is 2. The van der Waals surface area contributed by atoms with Crippen molar-refractivity contribution in [3.8, 4) is 5.75 Å². The number of nitrogens with zero attached hydrogens (tertiary/aromatic N) is 8. The lowest BCUT2D eigenvalue weighted by Gasteiger charge is -2.48. The quantitative estimate of drug-likeness (QED) is 0.0808. The number of anilines is 6. The number of halogens is 1. The maximum atomic E-state index is 13.6. The number of methoxy groups -OCH3 is 1. The molecule has 5 fully saturated rings. The summed E-state index contributed by atoms with van der Waals surface area (Å²) in [5.41, 5.74) is 7.26. The maximum absolute atomic E-state index is 13.6. The summed E-state index contributed by atoms with van der Waals surface area (Å²) in [7, 11) is -1.07. The van der Waals surface area contributed by atoms with Gasteiger partial charge in [-0.15, -0.1) is 0 Å². The van der Waals surface area contributed by atoms with E-state index in [-0.39, 0.29) is 18.7 Å². The van der Waals surface area contributed by atoms with E-state index in [4.69, 9.17) is 9.72 Å². The van der Waals surface area contributed by atoms with E-state index in [1.54, 1.807) is 51.2 Å². The number of piperidine rings is 4. The Morgan fingerprint density at radius 2 is 1.54 bits per heavy atom. The van der Waals surface area contributed by atoms with Crippen LogP contribution < -0.4 is 35.8 Å². The summed E-state index contributed by atoms with van der Waals surface area (Å²) in [6.07, 6.45) is 14.4. The Bertz CT molecular complexity index is 3010. The first-order valence-corrected chi connectivity index (χ1v) is 28.3. The van der Waals surface area contributed by atoms with E-state index in [1.165, 1.54) is 36.9 Å². The van der Waals surface area contributed by atoms with Crippen LogP contribution in [-0.2, 0) is 14.2 Å². The molecule has 7 heterocycles. The second-order valence-corrected chi connectivity index (χ2v) is 24.7. The molecule has 17 nitrogen and oxygen atoms in total. The van der Waals surface area contributed by atoms with Gasteiger partial charge in [0.25, 0.3) is 11.8 Å². The zero-order valence-electron chi connectivity index (χ0n) is 40.4. The number of nitrogens with one attached hydrogen (secondary N) is 3. The van der Waals surface area contributed by atoms with E-state index < -0.39 is 30.9 Å². The van der Waals surface area contributed by atoms with Crippen molar-refractivity contribution in [3.63, 3.8) is 0 Å². The fourth-order valence-electron chi connectivity index (χ4n) is 11.6. The van der Waals surface area contributed by atoms with E-state index in [0.717, 1.165) is 93.5 Å². The normalized spacial score (nSPS) is 21.0. The maximum Gasteiger partial charge on any atom is 0.262 e.